The van der Waals surface area contributed by atoms with Crippen LogP contribution >= 0.6 is 11.6 Å². The van der Waals surface area contributed by atoms with E-state index in [0.717, 1.165) is 12.0 Å². The van der Waals surface area contributed by atoms with Gasteiger partial charge in [-0.2, -0.15) is 0 Å². The van der Waals surface area contributed by atoms with Crippen molar-refractivity contribution in [1.82, 2.24) is 5.32 Å². The Hall–Kier alpha value is -1.02. The molecule has 0 aromatic heterocycles. The highest BCUT2D eigenvalue weighted by Crippen LogP contribution is 2.11. The van der Waals surface area contributed by atoms with Crippen LogP contribution < -0.4 is 5.32 Å². The zero-order valence-corrected chi connectivity index (χ0v) is 9.63. The second-order valence-electron chi connectivity index (χ2n) is 3.49. The maximum atomic E-state index is 11.4. The van der Waals surface area contributed by atoms with Crippen LogP contribution in [0.1, 0.15) is 31.4 Å². The lowest BCUT2D eigenvalue weighted by Crippen LogP contribution is -2.26. The molecule has 1 amide bonds. The number of nitrogens with one attached hydrogen (secondary N) is 1. The monoisotopic (exact) mass is 225 g/mol. The number of amides is 1. The Bertz CT molecular complexity index is 300. The summed E-state index contributed by atoms with van der Waals surface area (Å²) >= 11 is 5.52. The van der Waals surface area contributed by atoms with E-state index in [1.807, 2.05) is 37.3 Å². The standard InChI is InChI=1S/C12H16ClNO/c1-10(11-6-3-2-4-7-11)14-12(15)8-5-9-13/h2-4,6-7,10H,5,8-9H2,1H3,(H,14,15)/t10-/m0/s1. The Morgan fingerprint density at radius 3 is 2.67 bits per heavy atom. The fourth-order valence-corrected chi connectivity index (χ4v) is 1.50. The third kappa shape index (κ3) is 4.34. The first-order valence-electron chi connectivity index (χ1n) is 5.14. The van der Waals surface area contributed by atoms with Crippen LogP contribution in [0.25, 0.3) is 0 Å². The molecule has 1 N–H and O–H groups in total. The average molecular weight is 226 g/mol. The first-order valence-corrected chi connectivity index (χ1v) is 5.67. The number of alkyl halides is 1. The fourth-order valence-electron chi connectivity index (χ4n) is 1.37. The minimum absolute atomic E-state index is 0.0620. The number of halogens is 1. The van der Waals surface area contributed by atoms with E-state index in [2.05, 4.69) is 5.32 Å². The minimum Gasteiger partial charge on any atom is -0.350 e. The molecule has 0 radical (unpaired) electrons. The van der Waals surface area contributed by atoms with Crippen molar-refractivity contribution in [3.05, 3.63) is 35.9 Å². The van der Waals surface area contributed by atoms with E-state index in [0.29, 0.717) is 12.3 Å². The van der Waals surface area contributed by atoms with Crippen LogP contribution in [0.2, 0.25) is 0 Å². The lowest BCUT2D eigenvalue weighted by Gasteiger charge is -2.13. The van der Waals surface area contributed by atoms with Gasteiger partial charge in [-0.25, -0.2) is 0 Å². The SMILES string of the molecule is C[C@H](NC(=O)CCCCl)c1ccccc1. The summed E-state index contributed by atoms with van der Waals surface area (Å²) in [5.74, 6) is 0.597. The minimum atomic E-state index is 0.0620. The second-order valence-corrected chi connectivity index (χ2v) is 3.87. The molecule has 1 rings (SSSR count). The predicted molar refractivity (Wildman–Crippen MR) is 63.0 cm³/mol. The molecule has 15 heavy (non-hydrogen) atoms. The molecule has 0 spiro atoms. The summed E-state index contributed by atoms with van der Waals surface area (Å²) in [5, 5.41) is 2.93. The highest BCUT2D eigenvalue weighted by atomic mass is 35.5. The number of rotatable bonds is 5. The summed E-state index contributed by atoms with van der Waals surface area (Å²) < 4.78 is 0. The molecule has 1 aromatic rings. The van der Waals surface area contributed by atoms with Gasteiger partial charge in [-0.3, -0.25) is 4.79 Å². The van der Waals surface area contributed by atoms with Gasteiger partial charge in [0.05, 0.1) is 6.04 Å². The van der Waals surface area contributed by atoms with Crippen LogP contribution in [0, 0.1) is 0 Å². The molecule has 1 atom stereocenters. The van der Waals surface area contributed by atoms with E-state index >= 15 is 0 Å². The maximum absolute atomic E-state index is 11.4. The lowest BCUT2D eigenvalue weighted by molar-refractivity contribution is -0.121. The third-order valence-electron chi connectivity index (χ3n) is 2.21. The molecule has 0 aliphatic carbocycles. The molecule has 1 aromatic carbocycles. The van der Waals surface area contributed by atoms with Crippen molar-refractivity contribution < 1.29 is 4.79 Å². The second kappa shape index (κ2) is 6.46. The van der Waals surface area contributed by atoms with Gasteiger partial charge in [0.15, 0.2) is 0 Å². The summed E-state index contributed by atoms with van der Waals surface area (Å²) in [5.41, 5.74) is 1.12. The van der Waals surface area contributed by atoms with E-state index < -0.39 is 0 Å². The summed E-state index contributed by atoms with van der Waals surface area (Å²) in [6.45, 7) is 1.98. The molecule has 0 fully saturated rings. The summed E-state index contributed by atoms with van der Waals surface area (Å²) in [7, 11) is 0. The Morgan fingerprint density at radius 2 is 2.07 bits per heavy atom. The maximum Gasteiger partial charge on any atom is 0.220 e. The number of hydrogen-bond acceptors (Lipinski definition) is 1. The van der Waals surface area contributed by atoms with Crippen LogP contribution in [-0.2, 0) is 4.79 Å². The van der Waals surface area contributed by atoms with E-state index in [1.165, 1.54) is 0 Å². The molecule has 0 saturated heterocycles. The summed E-state index contributed by atoms with van der Waals surface area (Å²) in [4.78, 5) is 11.4. The van der Waals surface area contributed by atoms with Gasteiger partial charge in [0.1, 0.15) is 0 Å². The van der Waals surface area contributed by atoms with Gasteiger partial charge in [-0.05, 0) is 18.9 Å². The number of benzene rings is 1. The fraction of sp³-hybridized carbons (Fsp3) is 0.417. The molecule has 0 unspecified atom stereocenters. The van der Waals surface area contributed by atoms with Crippen LogP contribution in [0.3, 0.4) is 0 Å². The van der Waals surface area contributed by atoms with Crippen molar-refractivity contribution in [3.8, 4) is 0 Å². The molecule has 2 nitrogen and oxygen atoms in total. The number of carbonyl (C=O) groups is 1. The highest BCUT2D eigenvalue weighted by molar-refractivity contribution is 6.17. The largest absolute Gasteiger partial charge is 0.350 e. The molecular formula is C12H16ClNO. The van der Waals surface area contributed by atoms with Crippen molar-refractivity contribution in [2.45, 2.75) is 25.8 Å². The molecular weight excluding hydrogens is 210 g/mol. The zero-order chi connectivity index (χ0) is 11.1. The van der Waals surface area contributed by atoms with Gasteiger partial charge in [0.2, 0.25) is 5.91 Å². The lowest BCUT2D eigenvalue weighted by atomic mass is 10.1. The Morgan fingerprint density at radius 1 is 1.40 bits per heavy atom. The van der Waals surface area contributed by atoms with E-state index in [-0.39, 0.29) is 11.9 Å². The van der Waals surface area contributed by atoms with Crippen molar-refractivity contribution >= 4 is 17.5 Å². The van der Waals surface area contributed by atoms with Crippen molar-refractivity contribution in [2.75, 3.05) is 5.88 Å². The Labute approximate surface area is 95.6 Å². The topological polar surface area (TPSA) is 29.1 Å². The molecule has 0 aliphatic heterocycles. The normalized spacial score (nSPS) is 12.1. The van der Waals surface area contributed by atoms with Gasteiger partial charge in [-0.1, -0.05) is 30.3 Å². The molecule has 0 bridgehead atoms. The van der Waals surface area contributed by atoms with Gasteiger partial charge >= 0.3 is 0 Å². The van der Waals surface area contributed by atoms with Crippen molar-refractivity contribution in [3.63, 3.8) is 0 Å². The van der Waals surface area contributed by atoms with Gasteiger partial charge in [0, 0.05) is 12.3 Å². The predicted octanol–water partition coefficient (Wildman–Crippen LogP) is 2.88. The zero-order valence-electron chi connectivity index (χ0n) is 8.87. The van der Waals surface area contributed by atoms with Gasteiger partial charge in [0.25, 0.3) is 0 Å². The molecule has 82 valence electrons. The average Bonchev–Trinajstić information content (AvgIpc) is 2.27. The Balaban J connectivity index is 2.42. The van der Waals surface area contributed by atoms with E-state index in [4.69, 9.17) is 11.6 Å². The highest BCUT2D eigenvalue weighted by Gasteiger charge is 2.07. The smallest absolute Gasteiger partial charge is 0.220 e. The van der Waals surface area contributed by atoms with E-state index in [1.54, 1.807) is 0 Å². The summed E-state index contributed by atoms with van der Waals surface area (Å²) in [6, 6.07) is 9.98. The van der Waals surface area contributed by atoms with Crippen LogP contribution in [0.15, 0.2) is 30.3 Å². The van der Waals surface area contributed by atoms with E-state index in [9.17, 15) is 4.79 Å². The quantitative estimate of drug-likeness (QED) is 0.768. The first-order chi connectivity index (χ1) is 7.24. The van der Waals surface area contributed by atoms with Crippen LogP contribution in [-0.4, -0.2) is 11.8 Å². The summed E-state index contributed by atoms with van der Waals surface area (Å²) in [6.07, 6.45) is 1.23. The van der Waals surface area contributed by atoms with Gasteiger partial charge < -0.3 is 5.32 Å². The number of carbonyl (C=O) groups excluding carboxylic acids is 1. The van der Waals surface area contributed by atoms with Crippen LogP contribution in [0.4, 0.5) is 0 Å². The van der Waals surface area contributed by atoms with Crippen LogP contribution in [0.5, 0.6) is 0 Å². The third-order valence-corrected chi connectivity index (χ3v) is 2.48. The molecule has 0 heterocycles. The number of hydrogen-bond donors (Lipinski definition) is 1. The Kier molecular flexibility index (Phi) is 5.19. The molecule has 0 saturated carbocycles. The van der Waals surface area contributed by atoms with Gasteiger partial charge in [-0.15, -0.1) is 11.6 Å². The molecule has 3 heteroatoms. The van der Waals surface area contributed by atoms with Crippen molar-refractivity contribution in [1.29, 1.82) is 0 Å². The van der Waals surface area contributed by atoms with Crippen molar-refractivity contribution in [2.24, 2.45) is 0 Å². The first kappa shape index (κ1) is 12.1. The molecule has 0 aliphatic rings.